The molecular weight excluding hydrogens is 1840 g/mol. The molecular formula is C74H124N4O56. The summed E-state index contributed by atoms with van der Waals surface area (Å²) in [7, 11) is 0. The highest BCUT2D eigenvalue weighted by Crippen LogP contribution is 2.42. The minimum absolute atomic E-state index is 0.830. The topological polar surface area (TPSA) is 937 Å². The molecule has 11 rings (SSSR count). The highest BCUT2D eigenvalue weighted by molar-refractivity contribution is 5.74. The molecule has 11 saturated heterocycles. The summed E-state index contributed by atoms with van der Waals surface area (Å²) in [6.07, 6.45) is -111. The average Bonchev–Trinajstić information content (AvgIpc) is 0.761. The summed E-state index contributed by atoms with van der Waals surface area (Å²) in [6.45, 7) is -9.10. The van der Waals surface area contributed by atoms with Crippen LogP contribution >= 0.6 is 0 Å². The van der Waals surface area contributed by atoms with Crippen molar-refractivity contribution in [2.24, 2.45) is 0 Å². The molecule has 0 saturated carbocycles. The van der Waals surface area contributed by atoms with Gasteiger partial charge in [0.15, 0.2) is 69.2 Å². The van der Waals surface area contributed by atoms with E-state index in [4.69, 9.17) is 99.5 Å². The highest BCUT2D eigenvalue weighted by Gasteiger charge is 2.63. The van der Waals surface area contributed by atoms with Gasteiger partial charge in [-0.15, -0.1) is 0 Å². The van der Waals surface area contributed by atoms with E-state index in [1.807, 2.05) is 0 Å². The van der Waals surface area contributed by atoms with Crippen molar-refractivity contribution >= 4 is 23.6 Å². The van der Waals surface area contributed by atoms with Crippen LogP contribution in [0.4, 0.5) is 0 Å². The van der Waals surface area contributed by atoms with Gasteiger partial charge in [-0.3, -0.25) is 19.2 Å². The summed E-state index contributed by atoms with van der Waals surface area (Å²) in [5.74, 6) is -3.92. The molecule has 11 aliphatic heterocycles. The van der Waals surface area contributed by atoms with Gasteiger partial charge in [-0.25, -0.2) is 0 Å². The average molecular weight is 1970 g/mol. The van der Waals surface area contributed by atoms with Crippen molar-refractivity contribution < 1.29 is 277 Å². The number of aliphatic hydroxyl groups is 31. The molecule has 134 heavy (non-hydrogen) atoms. The van der Waals surface area contributed by atoms with Crippen molar-refractivity contribution in [3.05, 3.63) is 0 Å². The lowest BCUT2D eigenvalue weighted by molar-refractivity contribution is -0.406. The van der Waals surface area contributed by atoms with E-state index in [1.54, 1.807) is 0 Å². The Kier molecular flexibility index (Phi) is 39.7. The fourth-order valence-corrected chi connectivity index (χ4v) is 17.3. The molecule has 0 aromatic rings. The monoisotopic (exact) mass is 1960 g/mol. The van der Waals surface area contributed by atoms with E-state index >= 15 is 0 Å². The van der Waals surface area contributed by atoms with E-state index < -0.39 is 434 Å². The zero-order valence-corrected chi connectivity index (χ0v) is 71.6. The summed E-state index contributed by atoms with van der Waals surface area (Å²) < 4.78 is 125. The van der Waals surface area contributed by atoms with Crippen molar-refractivity contribution in [2.75, 3.05) is 72.7 Å². The second-order valence-electron chi connectivity index (χ2n) is 33.8. The fourth-order valence-electron chi connectivity index (χ4n) is 17.3. The number of hydrogen-bond donors (Lipinski definition) is 35. The zero-order valence-electron chi connectivity index (χ0n) is 71.6. The van der Waals surface area contributed by atoms with Gasteiger partial charge >= 0.3 is 0 Å². The van der Waals surface area contributed by atoms with E-state index in [9.17, 15) is 177 Å². The Morgan fingerprint density at radius 2 is 0.403 bits per heavy atom. The van der Waals surface area contributed by atoms with Crippen LogP contribution in [0, 0.1) is 0 Å². The molecule has 35 N–H and O–H groups in total. The van der Waals surface area contributed by atoms with Gasteiger partial charge in [-0.05, 0) is 0 Å². The number of rotatable bonds is 35. The first kappa shape index (κ1) is 110. The molecule has 0 bridgehead atoms. The van der Waals surface area contributed by atoms with Gasteiger partial charge in [-0.2, -0.15) is 0 Å². The van der Waals surface area contributed by atoms with Crippen molar-refractivity contribution in [3.8, 4) is 0 Å². The SMILES string of the molecule is CC(=O)N[C@@H]1[C@@H](O)[C@H](O[C@@H]2O[C@H](CO)[C@@H](O[C@@H]3O[C@H](CO[C@H]4O[C@H](CO[C@H]5O[C@H](CO)[C@@H](O)[C@H](O)[C@@H]5O)[C@@H](O)[C@H](O[C@H]5O[C@H](CO)[C@@H](O)[C@H](O)[C@@H]5O)[C@@H]4O)[C@@H](O)[C@H](O[C@H]4O[C@H](CO)[C@@H](O[C@@H]5O[C@H](CO)[C@@H](O[C@@H]6O[C@H](CO)[C@H](O)[C@H](O)[C@H]6O)[C@H](O)[C@H]5NC(C)=O)[C@H](O)[C@@H]4O[C@@H]4O[C@H](CO)[C@@H](O[C@@H]5O[C@H](CO)[C@H](O)[C@H](O)[C@H]5O)[C@H](O)[C@H]4NC(C)=O)[C@H]3O)[C@H](O)[C@H]2NC(C)=O)[C@@H](CO)O[C@H]1O. The Bertz CT molecular complexity index is 3650. The summed E-state index contributed by atoms with van der Waals surface area (Å²) in [4.78, 5) is 52.1. The van der Waals surface area contributed by atoms with Crippen LogP contribution in [0.15, 0.2) is 0 Å². The molecule has 0 unspecified atom stereocenters. The smallest absolute Gasteiger partial charge is 0.217 e. The van der Waals surface area contributed by atoms with E-state index in [0.717, 1.165) is 27.7 Å². The predicted octanol–water partition coefficient (Wildman–Crippen LogP) is -24.4. The van der Waals surface area contributed by atoms with Crippen molar-refractivity contribution in [1.29, 1.82) is 0 Å². The number of hydrogen-bond acceptors (Lipinski definition) is 56. The number of amides is 4. The predicted molar refractivity (Wildman–Crippen MR) is 409 cm³/mol. The first-order valence-electron chi connectivity index (χ1n) is 42.7. The molecule has 0 aromatic heterocycles. The van der Waals surface area contributed by atoms with E-state index in [2.05, 4.69) is 21.3 Å². The molecule has 60 nitrogen and oxygen atoms in total. The van der Waals surface area contributed by atoms with Gasteiger partial charge in [0.05, 0.1) is 72.7 Å². The van der Waals surface area contributed by atoms with Crippen LogP contribution in [0.2, 0.25) is 0 Å². The maximum atomic E-state index is 13.4. The molecule has 0 radical (unpaired) electrons. The molecule has 55 atom stereocenters. The van der Waals surface area contributed by atoms with Gasteiger partial charge < -0.3 is 279 Å². The highest BCUT2D eigenvalue weighted by atomic mass is 16.8. The van der Waals surface area contributed by atoms with Crippen molar-refractivity contribution in [2.45, 2.75) is 365 Å². The third-order valence-electron chi connectivity index (χ3n) is 24.6. The first-order valence-corrected chi connectivity index (χ1v) is 42.7. The molecule has 0 aliphatic carbocycles. The second-order valence-corrected chi connectivity index (χ2v) is 33.8. The number of carbonyl (C=O) groups is 4. The van der Waals surface area contributed by atoms with Crippen LogP contribution in [0.5, 0.6) is 0 Å². The maximum absolute atomic E-state index is 13.4. The Labute approximate surface area is 757 Å². The molecule has 0 aromatic carbocycles. The Balaban J connectivity index is 0.985. The standard InChI is InChI=1S/C74H124N4O56/c1-16(88)75-31-41(98)56(24(9-83)116-64(31)113)127-65-32(76-17(2)89)43(100)59(27(12-86)121-65)131-73-55(112)62(40(97)30(126-73)15-115-69-54(111)61(132-72-52(109)48(105)38(95)23(8-82)120-72)39(96)29(125-69)14-114-68-49(106)45(102)35(92)20(5-79)117-68)133-74-63(134-67-34(78-19(4)91)44(101)58(26(11-85)123-67)130-71-51(108)47(104)37(94)22(7-81)119-71)53(110)60(28(13-87)124-74)128-66-33(77-18(3)90)42(99)57(25(10-84)122-66)129-70-50(107)46(103)36(93)21(6-80)118-70/h20-74,79-87,92-113H,5-15H2,1-4H3,(H,75,88)(H,76,89)(H,77,90)(H,78,91)/t20-,21-,22-,23-,24-,25-,26-,27-,28-,29-,30-,31-,32-,33-,34-,35-,36+,37+,38-,39-,40-,41-,42-,43-,44-,45+,46+,47+,48+,49+,50-,51-,52+,53+,54+,55-,56-,57-,58-,59-,60-,61+,62+,63+,64-,65+,66+,67+,68+,69+,70+,71+,72-,73+,74-/m1/s1. The Morgan fingerprint density at radius 1 is 0.194 bits per heavy atom. The van der Waals surface area contributed by atoms with Gasteiger partial charge in [0.1, 0.15) is 268 Å². The summed E-state index contributed by atoms with van der Waals surface area (Å²) in [5.41, 5.74) is 0. The summed E-state index contributed by atoms with van der Waals surface area (Å²) >= 11 is 0. The van der Waals surface area contributed by atoms with Crippen LogP contribution in [0.25, 0.3) is 0 Å². The molecule has 4 amide bonds. The minimum Gasteiger partial charge on any atom is -0.394 e. The fraction of sp³-hybridized carbons (Fsp3) is 0.946. The molecule has 11 fully saturated rings. The van der Waals surface area contributed by atoms with Gasteiger partial charge in [0.2, 0.25) is 23.6 Å². The van der Waals surface area contributed by atoms with Crippen LogP contribution in [0.3, 0.4) is 0 Å². The molecule has 11 heterocycles. The van der Waals surface area contributed by atoms with Crippen LogP contribution < -0.4 is 21.3 Å². The molecule has 11 aliphatic rings. The lowest BCUT2D eigenvalue weighted by Crippen LogP contribution is -2.71. The minimum atomic E-state index is -2.75. The van der Waals surface area contributed by atoms with Gasteiger partial charge in [-0.1, -0.05) is 0 Å². The first-order chi connectivity index (χ1) is 63.4. The van der Waals surface area contributed by atoms with Crippen LogP contribution in [-0.2, 0) is 119 Å². The molecule has 0 spiro atoms. The van der Waals surface area contributed by atoms with Crippen LogP contribution in [0.1, 0.15) is 27.7 Å². The Morgan fingerprint density at radius 3 is 0.724 bits per heavy atom. The third kappa shape index (κ3) is 24.1. The van der Waals surface area contributed by atoms with Crippen molar-refractivity contribution in [1.82, 2.24) is 21.3 Å². The Hall–Kier alpha value is -4.20. The molecule has 60 heteroatoms. The van der Waals surface area contributed by atoms with E-state index in [0.29, 0.717) is 0 Å². The maximum Gasteiger partial charge on any atom is 0.217 e. The third-order valence-corrected chi connectivity index (χ3v) is 24.6. The number of nitrogens with one attached hydrogen (secondary N) is 4. The largest absolute Gasteiger partial charge is 0.394 e. The summed E-state index contributed by atoms with van der Waals surface area (Å²) in [6, 6.07) is -7.93. The van der Waals surface area contributed by atoms with Gasteiger partial charge in [0.25, 0.3) is 0 Å². The number of ether oxygens (including phenoxy) is 21. The lowest BCUT2D eigenvalue weighted by Gasteiger charge is -2.52. The molecule has 776 valence electrons. The van der Waals surface area contributed by atoms with Crippen molar-refractivity contribution in [3.63, 3.8) is 0 Å². The number of aliphatic hydroxyl groups excluding tert-OH is 31. The zero-order chi connectivity index (χ0) is 98.5. The second kappa shape index (κ2) is 48.3. The van der Waals surface area contributed by atoms with E-state index in [1.165, 1.54) is 0 Å². The quantitative estimate of drug-likeness (QED) is 0.0280. The normalized spacial score (nSPS) is 49.8. The number of carbonyl (C=O) groups excluding carboxylic acids is 4. The van der Waals surface area contributed by atoms with Crippen LogP contribution in [-0.4, -0.2) is 592 Å². The summed E-state index contributed by atoms with van der Waals surface area (Å²) in [5, 5.41) is 357. The lowest BCUT2D eigenvalue weighted by atomic mass is 9.93. The van der Waals surface area contributed by atoms with Gasteiger partial charge in [0, 0.05) is 27.7 Å². The van der Waals surface area contributed by atoms with E-state index in [-0.39, 0.29) is 0 Å².